The second-order valence-corrected chi connectivity index (χ2v) is 9.62. The molecule has 0 bridgehead atoms. The van der Waals surface area contributed by atoms with Gasteiger partial charge in [0, 0.05) is 28.4 Å². The van der Waals surface area contributed by atoms with E-state index in [1.54, 1.807) is 30.3 Å². The first-order chi connectivity index (χ1) is 16.4. The highest BCUT2D eigenvalue weighted by molar-refractivity contribution is 7.23. The van der Waals surface area contributed by atoms with Gasteiger partial charge in [-0.15, -0.1) is 11.3 Å². The maximum Gasteiger partial charge on any atom is 0.270 e. The van der Waals surface area contributed by atoms with E-state index in [-0.39, 0.29) is 18.1 Å². The number of non-ortho nitro benzene ring substituents is 1. The zero-order chi connectivity index (χ0) is 23.8. The third kappa shape index (κ3) is 3.97. The van der Waals surface area contributed by atoms with Crippen molar-refractivity contribution in [1.29, 1.82) is 0 Å². The van der Waals surface area contributed by atoms with Gasteiger partial charge in [-0.3, -0.25) is 24.8 Å². The molecule has 0 radical (unpaired) electrons. The highest BCUT2D eigenvalue weighted by Gasteiger charge is 2.25. The van der Waals surface area contributed by atoms with Crippen LogP contribution in [-0.4, -0.2) is 27.9 Å². The van der Waals surface area contributed by atoms with Gasteiger partial charge in [-0.1, -0.05) is 23.5 Å². The van der Waals surface area contributed by atoms with Gasteiger partial charge >= 0.3 is 0 Å². The molecule has 34 heavy (non-hydrogen) atoms. The second-order valence-electron chi connectivity index (χ2n) is 7.56. The molecule has 0 unspecified atom stereocenters. The molecule has 3 aromatic heterocycles. The van der Waals surface area contributed by atoms with Crippen molar-refractivity contribution in [3.05, 3.63) is 87.0 Å². The van der Waals surface area contributed by atoms with E-state index in [0.717, 1.165) is 20.7 Å². The molecule has 0 saturated carbocycles. The minimum atomic E-state index is -0.442. The van der Waals surface area contributed by atoms with Crippen LogP contribution in [0.3, 0.4) is 0 Å². The second kappa shape index (κ2) is 8.81. The van der Waals surface area contributed by atoms with Gasteiger partial charge in [-0.2, -0.15) is 0 Å². The lowest BCUT2D eigenvalue weighted by molar-refractivity contribution is -0.384. The van der Waals surface area contributed by atoms with Crippen molar-refractivity contribution in [2.24, 2.45) is 0 Å². The number of anilines is 1. The summed E-state index contributed by atoms with van der Waals surface area (Å²) in [5.41, 5.74) is 2.45. The van der Waals surface area contributed by atoms with E-state index in [9.17, 15) is 14.9 Å². The Balaban J connectivity index is 1.61. The van der Waals surface area contributed by atoms with Crippen molar-refractivity contribution in [2.45, 2.75) is 13.5 Å². The first kappa shape index (κ1) is 21.9. The van der Waals surface area contributed by atoms with Crippen LogP contribution in [0.25, 0.3) is 20.3 Å². The van der Waals surface area contributed by atoms with Gasteiger partial charge in [-0.05, 0) is 42.8 Å². The Bertz CT molecular complexity index is 1550. The first-order valence-electron chi connectivity index (χ1n) is 10.3. The van der Waals surface area contributed by atoms with Crippen LogP contribution >= 0.6 is 22.7 Å². The Morgan fingerprint density at radius 1 is 1.15 bits per heavy atom. The van der Waals surface area contributed by atoms with Gasteiger partial charge in [0.15, 0.2) is 5.13 Å². The Labute approximate surface area is 202 Å². The smallest absolute Gasteiger partial charge is 0.270 e. The number of benzene rings is 2. The number of fused-ring (bicyclic) bond motifs is 2. The highest BCUT2D eigenvalue weighted by atomic mass is 32.1. The third-order valence-corrected chi connectivity index (χ3v) is 7.67. The topological polar surface area (TPSA) is 98.5 Å². The van der Waals surface area contributed by atoms with Gasteiger partial charge in [-0.25, -0.2) is 4.98 Å². The van der Waals surface area contributed by atoms with Crippen LogP contribution in [0, 0.1) is 17.0 Å². The fourth-order valence-electron chi connectivity index (χ4n) is 3.64. The number of nitrogens with zero attached hydrogens (tertiary/aromatic N) is 4. The molecule has 5 rings (SSSR count). The maximum atomic E-state index is 13.8. The molecular weight excluding hydrogens is 472 g/mol. The molecule has 8 nitrogen and oxygen atoms in total. The van der Waals surface area contributed by atoms with Crippen molar-refractivity contribution >= 4 is 59.7 Å². The summed E-state index contributed by atoms with van der Waals surface area (Å²) in [6.45, 7) is 2.22. The molecule has 170 valence electrons. The monoisotopic (exact) mass is 490 g/mol. The Morgan fingerprint density at radius 2 is 2.00 bits per heavy atom. The molecule has 0 spiro atoms. The normalized spacial score (nSPS) is 11.1. The summed E-state index contributed by atoms with van der Waals surface area (Å²) in [5.74, 6) is 0.396. The minimum Gasteiger partial charge on any atom is -0.494 e. The van der Waals surface area contributed by atoms with Gasteiger partial charge in [0.1, 0.15) is 11.3 Å². The van der Waals surface area contributed by atoms with E-state index in [4.69, 9.17) is 9.72 Å². The largest absolute Gasteiger partial charge is 0.494 e. The molecule has 0 atom stereocenters. The Kier molecular flexibility index (Phi) is 5.68. The van der Waals surface area contributed by atoms with E-state index in [1.165, 1.54) is 34.8 Å². The van der Waals surface area contributed by atoms with Crippen LogP contribution in [0.1, 0.15) is 20.9 Å². The molecule has 0 fully saturated rings. The summed E-state index contributed by atoms with van der Waals surface area (Å²) < 4.78 is 7.23. The average Bonchev–Trinajstić information content (AvgIpc) is 3.48. The highest BCUT2D eigenvalue weighted by Crippen LogP contribution is 2.38. The van der Waals surface area contributed by atoms with Crippen molar-refractivity contribution in [3.8, 4) is 5.75 Å². The molecule has 10 heteroatoms. The fraction of sp³-hybridized carbons (Fsp3) is 0.125. The molecular formula is C24H18N4O4S2. The number of aromatic nitrogens is 2. The number of amides is 1. The molecule has 0 saturated heterocycles. The van der Waals surface area contributed by atoms with Crippen LogP contribution in [-0.2, 0) is 6.54 Å². The van der Waals surface area contributed by atoms with Crippen molar-refractivity contribution in [2.75, 3.05) is 12.0 Å². The zero-order valence-corrected chi connectivity index (χ0v) is 19.9. The summed E-state index contributed by atoms with van der Waals surface area (Å²) in [5, 5.41) is 12.3. The van der Waals surface area contributed by atoms with Gasteiger partial charge in [0.2, 0.25) is 0 Å². The molecule has 3 heterocycles. The summed E-state index contributed by atoms with van der Waals surface area (Å²) in [6, 6.07) is 15.7. The third-order valence-electron chi connectivity index (χ3n) is 5.36. The van der Waals surface area contributed by atoms with Crippen LogP contribution in [0.2, 0.25) is 0 Å². The van der Waals surface area contributed by atoms with Crippen LogP contribution in [0.5, 0.6) is 5.75 Å². The number of hydrogen-bond donors (Lipinski definition) is 0. The fourth-order valence-corrected chi connectivity index (χ4v) is 5.68. The number of ether oxygens (including phenoxy) is 1. The maximum absolute atomic E-state index is 13.8. The molecule has 0 aliphatic heterocycles. The molecule has 2 aromatic carbocycles. The molecule has 1 amide bonds. The van der Waals surface area contributed by atoms with E-state index >= 15 is 0 Å². The Hall–Kier alpha value is -3.89. The van der Waals surface area contributed by atoms with Crippen molar-refractivity contribution in [1.82, 2.24) is 9.97 Å². The number of carbonyl (C=O) groups is 1. The van der Waals surface area contributed by atoms with Crippen LogP contribution in [0.4, 0.5) is 10.8 Å². The minimum absolute atomic E-state index is 0.0108. The van der Waals surface area contributed by atoms with E-state index in [1.807, 2.05) is 37.3 Å². The SMILES string of the molecule is COc1ccc(C)c2sc(N(Cc3ccccn3)C(=O)c3cc4cc([N+](=O)[O-])ccc4s3)nc12. The Morgan fingerprint density at radius 3 is 2.74 bits per heavy atom. The van der Waals surface area contributed by atoms with Crippen LogP contribution < -0.4 is 9.64 Å². The van der Waals surface area contributed by atoms with E-state index < -0.39 is 4.92 Å². The number of nitro benzene ring substituents is 1. The van der Waals surface area contributed by atoms with E-state index in [0.29, 0.717) is 26.7 Å². The standard InChI is InChI=1S/C24H18N4O4S2/c1-14-6-8-18(32-2)21-22(14)34-24(26-21)27(13-16-5-3-4-10-25-16)23(29)20-12-15-11-17(28(30)31)7-9-19(15)33-20/h3-12H,13H2,1-2H3. The number of rotatable bonds is 6. The molecule has 0 N–H and O–H groups in total. The zero-order valence-electron chi connectivity index (χ0n) is 18.2. The van der Waals surface area contributed by atoms with Crippen LogP contribution in [0.15, 0.2) is 60.8 Å². The predicted molar refractivity (Wildman–Crippen MR) is 134 cm³/mol. The van der Waals surface area contributed by atoms with Crippen molar-refractivity contribution in [3.63, 3.8) is 0 Å². The summed E-state index contributed by atoms with van der Waals surface area (Å²) in [4.78, 5) is 35.7. The lowest BCUT2D eigenvalue weighted by Gasteiger charge is -2.18. The average molecular weight is 491 g/mol. The van der Waals surface area contributed by atoms with Gasteiger partial charge in [0.25, 0.3) is 11.6 Å². The number of methoxy groups -OCH3 is 1. The summed E-state index contributed by atoms with van der Waals surface area (Å²) >= 11 is 2.71. The van der Waals surface area contributed by atoms with Gasteiger partial charge < -0.3 is 4.74 Å². The summed E-state index contributed by atoms with van der Waals surface area (Å²) in [6.07, 6.45) is 1.68. The van der Waals surface area contributed by atoms with Crippen molar-refractivity contribution < 1.29 is 14.5 Å². The number of nitro groups is 1. The predicted octanol–water partition coefficient (Wildman–Crippen LogP) is 5.98. The lowest BCUT2D eigenvalue weighted by Crippen LogP contribution is -2.30. The van der Waals surface area contributed by atoms with E-state index in [2.05, 4.69) is 4.98 Å². The summed E-state index contributed by atoms with van der Waals surface area (Å²) in [7, 11) is 1.59. The number of aryl methyl sites for hydroxylation is 1. The number of thiazole rings is 1. The number of thiophene rings is 1. The number of carbonyl (C=O) groups excluding carboxylic acids is 1. The molecule has 0 aliphatic rings. The number of hydrogen-bond acceptors (Lipinski definition) is 8. The molecule has 5 aromatic rings. The molecule has 0 aliphatic carbocycles. The number of pyridine rings is 1. The van der Waals surface area contributed by atoms with Gasteiger partial charge in [0.05, 0.1) is 33.8 Å². The first-order valence-corrected chi connectivity index (χ1v) is 11.9. The quantitative estimate of drug-likeness (QED) is 0.215. The lowest BCUT2D eigenvalue weighted by atomic mass is 10.2.